The molecule has 0 radical (unpaired) electrons. The van der Waals surface area contributed by atoms with E-state index in [4.69, 9.17) is 9.47 Å². The van der Waals surface area contributed by atoms with Crippen molar-refractivity contribution >= 4 is 5.57 Å². The fourth-order valence-electron chi connectivity index (χ4n) is 6.65. The van der Waals surface area contributed by atoms with Gasteiger partial charge in [0.2, 0.25) is 0 Å². The summed E-state index contributed by atoms with van der Waals surface area (Å²) in [5.41, 5.74) is 1.58. The minimum atomic E-state index is -1.11. The monoisotopic (exact) mass is 616 g/mol. The third-order valence-electron chi connectivity index (χ3n) is 9.36. The fourth-order valence-corrected chi connectivity index (χ4v) is 6.65. The number of halogens is 6. The molecule has 0 bridgehead atoms. The first-order valence-corrected chi connectivity index (χ1v) is 15.2. The van der Waals surface area contributed by atoms with Crippen LogP contribution in [0.25, 0.3) is 5.57 Å². The summed E-state index contributed by atoms with van der Waals surface area (Å²) in [7, 11) is 0. The van der Waals surface area contributed by atoms with Crippen molar-refractivity contribution in [3.63, 3.8) is 0 Å². The zero-order valence-corrected chi connectivity index (χ0v) is 24.3. The standard InChI is InChI=1S/C35H34F6O3/c1-18(42)24-12-13-26(33(39)31(24)37)21-6-9-23(10-7-21)43-16-22-8-11-25(32(38)30(22)36)19-2-4-20(5-3-19)27-14-15-28(29-17-44-29)35(41)34(27)40/h4,8,11-15,18-19,21,23,29,42H,2-3,5-7,9-10,16-17H2,1H3. The molecule has 2 fully saturated rings. The Balaban J connectivity index is 1.05. The summed E-state index contributed by atoms with van der Waals surface area (Å²) in [6.07, 6.45) is 3.49. The molecule has 1 saturated heterocycles. The maximum Gasteiger partial charge on any atom is 0.166 e. The summed E-state index contributed by atoms with van der Waals surface area (Å²) in [5, 5.41) is 9.62. The zero-order valence-electron chi connectivity index (χ0n) is 24.3. The van der Waals surface area contributed by atoms with E-state index in [0.29, 0.717) is 57.1 Å². The molecule has 3 aromatic carbocycles. The van der Waals surface area contributed by atoms with Crippen LogP contribution in [0.2, 0.25) is 0 Å². The summed E-state index contributed by atoms with van der Waals surface area (Å²) >= 11 is 0. The molecule has 2 aliphatic carbocycles. The first-order chi connectivity index (χ1) is 21.1. The van der Waals surface area contributed by atoms with Crippen LogP contribution in [0.4, 0.5) is 26.3 Å². The maximum absolute atomic E-state index is 15.2. The molecule has 0 aromatic heterocycles. The highest BCUT2D eigenvalue weighted by atomic mass is 19.2. The highest BCUT2D eigenvalue weighted by molar-refractivity contribution is 5.67. The topological polar surface area (TPSA) is 42.0 Å². The Kier molecular flexibility index (Phi) is 8.91. The van der Waals surface area contributed by atoms with Gasteiger partial charge in [-0.25, -0.2) is 26.3 Å². The van der Waals surface area contributed by atoms with Crippen molar-refractivity contribution < 1.29 is 40.9 Å². The quantitative estimate of drug-likeness (QED) is 0.203. The number of rotatable bonds is 8. The lowest BCUT2D eigenvalue weighted by molar-refractivity contribution is 0.0116. The lowest BCUT2D eigenvalue weighted by Gasteiger charge is -2.29. The summed E-state index contributed by atoms with van der Waals surface area (Å²) in [6, 6.07) is 9.12. The second kappa shape index (κ2) is 12.7. The third kappa shape index (κ3) is 6.06. The summed E-state index contributed by atoms with van der Waals surface area (Å²) in [4.78, 5) is 0. The van der Waals surface area contributed by atoms with E-state index < -0.39 is 47.1 Å². The molecular weight excluding hydrogens is 582 g/mol. The number of ether oxygens (including phenoxy) is 2. The summed E-state index contributed by atoms with van der Waals surface area (Å²) in [5.74, 6) is -6.17. The second-order valence-electron chi connectivity index (χ2n) is 12.1. The van der Waals surface area contributed by atoms with Crippen LogP contribution in [0.1, 0.15) is 109 Å². The molecule has 6 rings (SSSR count). The smallest absolute Gasteiger partial charge is 0.166 e. The van der Waals surface area contributed by atoms with E-state index in [1.54, 1.807) is 24.3 Å². The van der Waals surface area contributed by atoms with E-state index in [1.807, 2.05) is 0 Å². The van der Waals surface area contributed by atoms with E-state index in [-0.39, 0.29) is 57.9 Å². The second-order valence-corrected chi connectivity index (χ2v) is 12.1. The first kappa shape index (κ1) is 30.9. The van der Waals surface area contributed by atoms with Crippen molar-refractivity contribution in [1.82, 2.24) is 0 Å². The Hall–Kier alpha value is -3.14. The molecule has 3 atom stereocenters. The minimum Gasteiger partial charge on any atom is -0.389 e. The Morgan fingerprint density at radius 1 is 0.750 bits per heavy atom. The van der Waals surface area contributed by atoms with Gasteiger partial charge < -0.3 is 14.6 Å². The van der Waals surface area contributed by atoms with Crippen LogP contribution in [0.3, 0.4) is 0 Å². The third-order valence-corrected chi connectivity index (χ3v) is 9.36. The molecule has 44 heavy (non-hydrogen) atoms. The minimum absolute atomic E-state index is 0.0780. The van der Waals surface area contributed by atoms with Crippen molar-refractivity contribution in [2.75, 3.05) is 6.61 Å². The van der Waals surface area contributed by atoms with Gasteiger partial charge in [0.25, 0.3) is 0 Å². The van der Waals surface area contributed by atoms with Crippen LogP contribution in [0.5, 0.6) is 0 Å². The number of hydrogen-bond acceptors (Lipinski definition) is 3. The van der Waals surface area contributed by atoms with Gasteiger partial charge in [0.05, 0.1) is 25.4 Å². The molecule has 1 aliphatic heterocycles. The lowest BCUT2D eigenvalue weighted by atomic mass is 9.81. The number of aliphatic hydroxyl groups excluding tert-OH is 1. The number of benzene rings is 3. The van der Waals surface area contributed by atoms with Crippen LogP contribution < -0.4 is 0 Å². The van der Waals surface area contributed by atoms with Gasteiger partial charge in [0.15, 0.2) is 34.9 Å². The lowest BCUT2D eigenvalue weighted by Crippen LogP contribution is -2.22. The zero-order chi connectivity index (χ0) is 31.1. The Morgan fingerprint density at radius 2 is 1.39 bits per heavy atom. The summed E-state index contributed by atoms with van der Waals surface area (Å²) in [6.45, 7) is 1.64. The average Bonchev–Trinajstić information content (AvgIpc) is 3.87. The molecule has 0 spiro atoms. The molecular formula is C35H34F6O3. The van der Waals surface area contributed by atoms with Crippen molar-refractivity contribution in [3.8, 4) is 0 Å². The van der Waals surface area contributed by atoms with Gasteiger partial charge in [0, 0.05) is 22.3 Å². The molecule has 9 heteroatoms. The number of aliphatic hydroxyl groups is 1. The summed E-state index contributed by atoms with van der Waals surface area (Å²) < 4.78 is 99.6. The molecule has 0 amide bonds. The highest BCUT2D eigenvalue weighted by Crippen LogP contribution is 2.41. The van der Waals surface area contributed by atoms with Crippen LogP contribution in [-0.2, 0) is 16.1 Å². The molecule has 1 heterocycles. The van der Waals surface area contributed by atoms with Crippen LogP contribution in [-0.4, -0.2) is 17.8 Å². The van der Waals surface area contributed by atoms with Crippen molar-refractivity contribution in [2.45, 2.75) is 88.6 Å². The van der Waals surface area contributed by atoms with Crippen LogP contribution >= 0.6 is 0 Å². The number of hydrogen-bond donors (Lipinski definition) is 1. The normalized spacial score (nSPS) is 24.2. The molecule has 3 unspecified atom stereocenters. The Bertz CT molecular complexity index is 1570. The highest BCUT2D eigenvalue weighted by Gasteiger charge is 2.32. The SMILES string of the molecule is CC(O)c1ccc(C2CCC(OCc3ccc(C4CC=C(c5ccc(C6CO6)c(F)c5F)CC4)c(F)c3F)CC2)c(F)c1F. The predicted molar refractivity (Wildman–Crippen MR) is 153 cm³/mol. The van der Waals surface area contributed by atoms with Crippen LogP contribution in [0, 0.1) is 34.9 Å². The Labute approximate surface area is 252 Å². The molecule has 3 nitrogen and oxygen atoms in total. The van der Waals surface area contributed by atoms with Gasteiger partial charge in [0.1, 0.15) is 6.10 Å². The molecule has 1 saturated carbocycles. The van der Waals surface area contributed by atoms with Crippen LogP contribution in [0.15, 0.2) is 42.5 Å². The van der Waals surface area contributed by atoms with Gasteiger partial charge in [-0.15, -0.1) is 0 Å². The van der Waals surface area contributed by atoms with Gasteiger partial charge >= 0.3 is 0 Å². The number of allylic oxidation sites excluding steroid dienone is 2. The molecule has 1 N–H and O–H groups in total. The van der Waals surface area contributed by atoms with E-state index in [2.05, 4.69) is 0 Å². The van der Waals surface area contributed by atoms with Gasteiger partial charge in [-0.3, -0.25) is 0 Å². The molecule has 3 aliphatic rings. The van der Waals surface area contributed by atoms with Gasteiger partial charge in [-0.05, 0) is 80.4 Å². The Morgan fingerprint density at radius 3 is 2.05 bits per heavy atom. The predicted octanol–water partition coefficient (Wildman–Crippen LogP) is 9.24. The number of epoxide rings is 1. The van der Waals surface area contributed by atoms with E-state index in [0.717, 1.165) is 0 Å². The van der Waals surface area contributed by atoms with Crippen molar-refractivity contribution in [3.05, 3.63) is 111 Å². The molecule has 3 aromatic rings. The van der Waals surface area contributed by atoms with E-state index in [9.17, 15) is 22.7 Å². The first-order valence-electron chi connectivity index (χ1n) is 15.2. The van der Waals surface area contributed by atoms with E-state index >= 15 is 8.78 Å². The van der Waals surface area contributed by atoms with Crippen molar-refractivity contribution in [2.24, 2.45) is 0 Å². The largest absolute Gasteiger partial charge is 0.389 e. The van der Waals surface area contributed by atoms with E-state index in [1.165, 1.54) is 25.1 Å². The maximum atomic E-state index is 15.2. The van der Waals surface area contributed by atoms with Gasteiger partial charge in [-0.2, -0.15) is 0 Å². The molecule has 234 valence electrons. The fraction of sp³-hybridized carbons (Fsp3) is 0.429. The average molecular weight is 617 g/mol. The van der Waals surface area contributed by atoms with Crippen molar-refractivity contribution in [1.29, 1.82) is 0 Å². The van der Waals surface area contributed by atoms with Gasteiger partial charge in [-0.1, -0.05) is 42.5 Å².